The van der Waals surface area contributed by atoms with Gasteiger partial charge in [0, 0.05) is 12.6 Å². The SMILES string of the molecule is CC1C(C(=O)NO)N(S(=O)(=O)c2ccc(OCc3cc(F)cc(F)c3)cc2)CCS1(=O)=O. The molecule has 2 aromatic rings. The first-order valence-corrected chi connectivity index (χ1v) is 12.5. The van der Waals surface area contributed by atoms with Gasteiger partial charge in [0.2, 0.25) is 10.0 Å². The Balaban J connectivity index is 1.81. The number of carbonyl (C=O) groups is 1. The lowest BCUT2D eigenvalue weighted by Gasteiger charge is -2.36. The molecule has 2 aromatic carbocycles. The van der Waals surface area contributed by atoms with Crippen LogP contribution in [0.1, 0.15) is 12.5 Å². The second-order valence-corrected chi connectivity index (χ2v) is 11.5. The lowest BCUT2D eigenvalue weighted by atomic mass is 10.2. The Labute approximate surface area is 183 Å². The number of benzene rings is 2. The van der Waals surface area contributed by atoms with E-state index in [-0.39, 0.29) is 22.8 Å². The molecule has 3 rings (SSSR count). The first-order chi connectivity index (χ1) is 15.0. The van der Waals surface area contributed by atoms with Gasteiger partial charge in [-0.1, -0.05) is 0 Å². The van der Waals surface area contributed by atoms with E-state index < -0.39 is 61.0 Å². The molecule has 1 fully saturated rings. The van der Waals surface area contributed by atoms with Gasteiger partial charge in [0.1, 0.15) is 30.0 Å². The van der Waals surface area contributed by atoms with Crippen molar-refractivity contribution < 1.29 is 40.4 Å². The summed E-state index contributed by atoms with van der Waals surface area (Å²) in [6.07, 6.45) is 0. The molecule has 2 unspecified atom stereocenters. The summed E-state index contributed by atoms with van der Waals surface area (Å²) in [4.78, 5) is 11.8. The van der Waals surface area contributed by atoms with Crippen molar-refractivity contribution in [3.05, 3.63) is 59.7 Å². The van der Waals surface area contributed by atoms with Gasteiger partial charge in [-0.05, 0) is 48.9 Å². The quantitative estimate of drug-likeness (QED) is 0.460. The fraction of sp³-hybridized carbons (Fsp3) is 0.316. The Kier molecular flexibility index (Phi) is 6.83. The number of hydrogen-bond acceptors (Lipinski definition) is 7. The highest BCUT2D eigenvalue weighted by Gasteiger charge is 2.48. The number of halogens is 2. The lowest BCUT2D eigenvalue weighted by molar-refractivity contribution is -0.133. The number of nitrogens with zero attached hydrogens (tertiary/aromatic N) is 1. The molecular weight excluding hydrogens is 470 g/mol. The average molecular weight is 491 g/mol. The van der Waals surface area contributed by atoms with E-state index in [0.717, 1.165) is 22.5 Å². The van der Waals surface area contributed by atoms with Crippen LogP contribution in [0.15, 0.2) is 47.4 Å². The van der Waals surface area contributed by atoms with E-state index in [1.54, 1.807) is 0 Å². The van der Waals surface area contributed by atoms with Gasteiger partial charge in [-0.25, -0.2) is 31.1 Å². The molecule has 9 nitrogen and oxygen atoms in total. The van der Waals surface area contributed by atoms with E-state index >= 15 is 0 Å². The molecule has 1 saturated heterocycles. The van der Waals surface area contributed by atoms with Crippen LogP contribution in [0.2, 0.25) is 0 Å². The molecular formula is C19H20F2N2O7S2. The van der Waals surface area contributed by atoms with E-state index in [1.165, 1.54) is 36.7 Å². The van der Waals surface area contributed by atoms with Gasteiger partial charge in [-0.15, -0.1) is 0 Å². The predicted octanol–water partition coefficient (Wildman–Crippen LogP) is 1.23. The maximum atomic E-state index is 13.3. The minimum Gasteiger partial charge on any atom is -0.489 e. The van der Waals surface area contributed by atoms with Crippen molar-refractivity contribution in [3.8, 4) is 5.75 Å². The van der Waals surface area contributed by atoms with Crippen molar-refractivity contribution >= 4 is 25.8 Å². The largest absolute Gasteiger partial charge is 0.489 e. The summed E-state index contributed by atoms with van der Waals surface area (Å²) in [7, 11) is -8.04. The molecule has 1 amide bonds. The van der Waals surface area contributed by atoms with Crippen molar-refractivity contribution in [2.24, 2.45) is 0 Å². The van der Waals surface area contributed by atoms with Gasteiger partial charge in [0.25, 0.3) is 5.91 Å². The molecule has 1 heterocycles. The highest BCUT2D eigenvalue weighted by Crippen LogP contribution is 2.28. The van der Waals surface area contributed by atoms with Crippen LogP contribution in [0.25, 0.3) is 0 Å². The molecule has 0 bridgehead atoms. The van der Waals surface area contributed by atoms with Crippen LogP contribution in [0, 0.1) is 11.6 Å². The summed E-state index contributed by atoms with van der Waals surface area (Å²) < 4.78 is 83.1. The third-order valence-corrected chi connectivity index (χ3v) is 9.09. The smallest absolute Gasteiger partial charge is 0.263 e. The second-order valence-electron chi connectivity index (χ2n) is 7.15. The number of hydrogen-bond donors (Lipinski definition) is 2. The molecule has 13 heteroatoms. The molecule has 1 aliphatic heterocycles. The number of sulfone groups is 1. The van der Waals surface area contributed by atoms with Crippen molar-refractivity contribution in [2.45, 2.75) is 29.7 Å². The van der Waals surface area contributed by atoms with Crippen LogP contribution < -0.4 is 10.2 Å². The summed E-state index contributed by atoms with van der Waals surface area (Å²) >= 11 is 0. The van der Waals surface area contributed by atoms with Gasteiger partial charge >= 0.3 is 0 Å². The van der Waals surface area contributed by atoms with Gasteiger partial charge in [0.15, 0.2) is 9.84 Å². The Morgan fingerprint density at radius 1 is 1.19 bits per heavy atom. The fourth-order valence-corrected chi connectivity index (χ4v) is 6.70. The molecule has 0 aliphatic carbocycles. The standard InChI is InChI=1S/C19H20F2N2O7S2/c1-12-18(19(24)22-25)23(6-7-31(12,26)27)32(28,29)17-4-2-16(3-5-17)30-11-13-8-14(20)10-15(21)9-13/h2-5,8-10,12,18,25H,6-7,11H2,1H3,(H,22,24). The average Bonchev–Trinajstić information content (AvgIpc) is 2.73. The minimum atomic E-state index is -4.30. The summed E-state index contributed by atoms with van der Waals surface area (Å²) in [5.74, 6) is -2.94. The van der Waals surface area contributed by atoms with E-state index in [0.29, 0.717) is 0 Å². The number of nitrogens with one attached hydrogen (secondary N) is 1. The minimum absolute atomic E-state index is 0.166. The van der Waals surface area contributed by atoms with E-state index in [1.807, 2.05) is 0 Å². The Morgan fingerprint density at radius 3 is 2.34 bits per heavy atom. The monoisotopic (exact) mass is 490 g/mol. The molecule has 0 radical (unpaired) electrons. The zero-order chi connectivity index (χ0) is 23.7. The molecule has 0 aromatic heterocycles. The molecule has 32 heavy (non-hydrogen) atoms. The maximum Gasteiger partial charge on any atom is 0.263 e. The predicted molar refractivity (Wildman–Crippen MR) is 108 cm³/mol. The first kappa shape index (κ1) is 24.0. The Morgan fingerprint density at radius 2 is 1.78 bits per heavy atom. The van der Waals surface area contributed by atoms with Gasteiger partial charge in [-0.2, -0.15) is 4.31 Å². The third kappa shape index (κ3) is 4.90. The Hall–Kier alpha value is -2.61. The molecule has 2 atom stereocenters. The number of rotatable bonds is 6. The van der Waals surface area contributed by atoms with E-state index in [2.05, 4.69) is 0 Å². The van der Waals surface area contributed by atoms with Crippen LogP contribution in [0.5, 0.6) is 5.75 Å². The van der Waals surface area contributed by atoms with Crippen LogP contribution in [0.4, 0.5) is 8.78 Å². The highest BCUT2D eigenvalue weighted by molar-refractivity contribution is 7.92. The zero-order valence-electron chi connectivity index (χ0n) is 16.7. The summed E-state index contributed by atoms with van der Waals surface area (Å²) in [6.45, 7) is 0.570. The third-order valence-electron chi connectivity index (χ3n) is 5.05. The molecule has 0 spiro atoms. The van der Waals surface area contributed by atoms with E-state index in [9.17, 15) is 30.4 Å². The van der Waals surface area contributed by atoms with Crippen LogP contribution >= 0.6 is 0 Å². The van der Waals surface area contributed by atoms with Crippen LogP contribution in [-0.4, -0.2) is 55.8 Å². The van der Waals surface area contributed by atoms with Crippen molar-refractivity contribution in [1.82, 2.24) is 9.79 Å². The lowest BCUT2D eigenvalue weighted by Crippen LogP contribution is -2.61. The first-order valence-electron chi connectivity index (χ1n) is 9.31. The van der Waals surface area contributed by atoms with Crippen LogP contribution in [0.3, 0.4) is 0 Å². The maximum absolute atomic E-state index is 13.3. The Bertz CT molecular complexity index is 1200. The summed E-state index contributed by atoms with van der Waals surface area (Å²) in [5, 5.41) is 7.61. The van der Waals surface area contributed by atoms with Gasteiger partial charge in [-0.3, -0.25) is 10.0 Å². The fourth-order valence-electron chi connectivity index (χ4n) is 3.36. The molecule has 174 valence electrons. The second kappa shape index (κ2) is 9.10. The number of sulfonamides is 1. The van der Waals surface area contributed by atoms with Crippen molar-refractivity contribution in [3.63, 3.8) is 0 Å². The number of amides is 1. The van der Waals surface area contributed by atoms with Gasteiger partial charge < -0.3 is 4.74 Å². The van der Waals surface area contributed by atoms with Crippen molar-refractivity contribution in [1.29, 1.82) is 0 Å². The van der Waals surface area contributed by atoms with Gasteiger partial charge in [0.05, 0.1) is 15.9 Å². The number of ether oxygens (including phenoxy) is 1. The van der Waals surface area contributed by atoms with Crippen LogP contribution in [-0.2, 0) is 31.3 Å². The summed E-state index contributed by atoms with van der Waals surface area (Å²) in [6, 6.07) is 6.28. The molecule has 2 N–H and O–H groups in total. The molecule has 0 saturated carbocycles. The normalized spacial score (nSPS) is 21.1. The summed E-state index contributed by atoms with van der Waals surface area (Å²) in [5.41, 5.74) is 1.56. The number of hydroxylamine groups is 1. The van der Waals surface area contributed by atoms with Crippen molar-refractivity contribution in [2.75, 3.05) is 12.3 Å². The molecule has 1 aliphatic rings. The van der Waals surface area contributed by atoms with E-state index in [4.69, 9.17) is 9.94 Å². The number of carbonyl (C=O) groups excluding carboxylic acids is 1. The highest BCUT2D eigenvalue weighted by atomic mass is 32.2. The topological polar surface area (TPSA) is 130 Å². The zero-order valence-corrected chi connectivity index (χ0v) is 18.4.